The molecule has 126 valence electrons. The fourth-order valence-electron chi connectivity index (χ4n) is 2.45. The lowest BCUT2D eigenvalue weighted by Crippen LogP contribution is -2.35. The van der Waals surface area contributed by atoms with Crippen LogP contribution < -0.4 is 16.4 Å². The Balaban J connectivity index is 1.66. The Bertz CT molecular complexity index is 756. The van der Waals surface area contributed by atoms with Crippen LogP contribution >= 0.6 is 11.3 Å². The highest BCUT2D eigenvalue weighted by Gasteiger charge is 2.28. The van der Waals surface area contributed by atoms with E-state index < -0.39 is 12.1 Å². The SMILES string of the molecule is Cc1cccc(C(CC(=O)Nc2nnc(C3CC3)s2)NC(N)=O)c1. The minimum atomic E-state index is -0.666. The van der Waals surface area contributed by atoms with Crippen molar-refractivity contribution >= 4 is 28.4 Å². The van der Waals surface area contributed by atoms with Gasteiger partial charge in [-0.1, -0.05) is 41.2 Å². The van der Waals surface area contributed by atoms with Gasteiger partial charge in [0.05, 0.1) is 12.5 Å². The molecule has 1 aliphatic carbocycles. The molecule has 7 nitrogen and oxygen atoms in total. The highest BCUT2D eigenvalue weighted by molar-refractivity contribution is 7.15. The van der Waals surface area contributed by atoms with Gasteiger partial charge in [-0.15, -0.1) is 10.2 Å². The number of nitrogens with zero attached hydrogens (tertiary/aromatic N) is 2. The Kier molecular flexibility index (Phi) is 4.75. The van der Waals surface area contributed by atoms with Gasteiger partial charge in [-0.05, 0) is 25.3 Å². The van der Waals surface area contributed by atoms with E-state index in [4.69, 9.17) is 5.73 Å². The van der Waals surface area contributed by atoms with E-state index in [0.717, 1.165) is 29.0 Å². The van der Waals surface area contributed by atoms with Gasteiger partial charge in [0.15, 0.2) is 0 Å². The van der Waals surface area contributed by atoms with Crippen LogP contribution in [0.25, 0.3) is 0 Å². The van der Waals surface area contributed by atoms with Gasteiger partial charge in [-0.3, -0.25) is 4.79 Å². The Morgan fingerprint density at radius 2 is 2.17 bits per heavy atom. The zero-order valence-electron chi connectivity index (χ0n) is 13.3. The predicted octanol–water partition coefficient (Wildman–Crippen LogP) is 2.46. The average Bonchev–Trinajstić information content (AvgIpc) is 3.27. The van der Waals surface area contributed by atoms with Gasteiger partial charge in [0.2, 0.25) is 11.0 Å². The van der Waals surface area contributed by atoms with Crippen molar-refractivity contribution in [2.24, 2.45) is 5.73 Å². The van der Waals surface area contributed by atoms with Crippen LogP contribution in [0.15, 0.2) is 24.3 Å². The van der Waals surface area contributed by atoms with Crippen molar-refractivity contribution in [3.63, 3.8) is 0 Å². The second-order valence-electron chi connectivity index (χ2n) is 5.95. The molecule has 1 unspecified atom stereocenters. The zero-order chi connectivity index (χ0) is 17.1. The monoisotopic (exact) mass is 345 g/mol. The molecule has 1 aromatic heterocycles. The third kappa shape index (κ3) is 4.29. The third-order valence-electron chi connectivity index (χ3n) is 3.76. The van der Waals surface area contributed by atoms with Gasteiger partial charge in [-0.2, -0.15) is 0 Å². The summed E-state index contributed by atoms with van der Waals surface area (Å²) in [5.41, 5.74) is 7.12. The summed E-state index contributed by atoms with van der Waals surface area (Å²) >= 11 is 1.40. The van der Waals surface area contributed by atoms with Crippen LogP contribution in [0, 0.1) is 6.92 Å². The van der Waals surface area contributed by atoms with E-state index in [-0.39, 0.29) is 12.3 Å². The number of carbonyl (C=O) groups is 2. The summed E-state index contributed by atoms with van der Waals surface area (Å²) in [5, 5.41) is 14.9. The maximum absolute atomic E-state index is 12.3. The molecule has 2 aromatic rings. The van der Waals surface area contributed by atoms with Gasteiger partial charge >= 0.3 is 6.03 Å². The number of hydrogen-bond donors (Lipinski definition) is 3. The number of urea groups is 1. The van der Waals surface area contributed by atoms with E-state index in [9.17, 15) is 9.59 Å². The molecule has 1 saturated carbocycles. The molecule has 1 heterocycles. The summed E-state index contributed by atoms with van der Waals surface area (Å²) < 4.78 is 0. The van der Waals surface area contributed by atoms with Gasteiger partial charge < -0.3 is 16.4 Å². The lowest BCUT2D eigenvalue weighted by molar-refractivity contribution is -0.116. The second kappa shape index (κ2) is 6.96. The number of primary amides is 1. The number of rotatable bonds is 6. The zero-order valence-corrected chi connectivity index (χ0v) is 14.1. The maximum Gasteiger partial charge on any atom is 0.312 e. The summed E-state index contributed by atoms with van der Waals surface area (Å²) in [6.07, 6.45) is 2.35. The van der Waals surface area contributed by atoms with Gasteiger partial charge in [0.25, 0.3) is 0 Å². The number of benzene rings is 1. The molecule has 3 amide bonds. The molecular weight excluding hydrogens is 326 g/mol. The van der Waals surface area contributed by atoms with Crippen LogP contribution in [0.3, 0.4) is 0 Å². The summed E-state index contributed by atoms with van der Waals surface area (Å²) in [6, 6.07) is 6.46. The summed E-state index contributed by atoms with van der Waals surface area (Å²) in [7, 11) is 0. The molecule has 24 heavy (non-hydrogen) atoms. The standard InChI is InChI=1S/C16H19N5O2S/c1-9-3-2-4-11(7-9)12(18-15(17)23)8-13(22)19-16-21-20-14(24-16)10-5-6-10/h2-4,7,10,12H,5-6,8H2,1H3,(H3,17,18,23)(H,19,21,22). The topological polar surface area (TPSA) is 110 Å². The third-order valence-corrected chi connectivity index (χ3v) is 4.77. The van der Waals surface area contributed by atoms with E-state index in [1.54, 1.807) is 0 Å². The first-order valence-electron chi connectivity index (χ1n) is 7.77. The van der Waals surface area contributed by atoms with Crippen molar-refractivity contribution < 1.29 is 9.59 Å². The molecule has 0 aliphatic heterocycles. The van der Waals surface area contributed by atoms with Gasteiger partial charge in [0, 0.05) is 5.92 Å². The molecule has 1 aromatic carbocycles. The Hall–Kier alpha value is -2.48. The van der Waals surface area contributed by atoms with Crippen molar-refractivity contribution in [1.29, 1.82) is 0 Å². The van der Waals surface area contributed by atoms with E-state index in [1.807, 2.05) is 31.2 Å². The van der Waals surface area contributed by atoms with E-state index >= 15 is 0 Å². The van der Waals surface area contributed by atoms with Crippen LogP contribution in [0.4, 0.5) is 9.93 Å². The molecule has 4 N–H and O–H groups in total. The highest BCUT2D eigenvalue weighted by atomic mass is 32.1. The van der Waals surface area contributed by atoms with Crippen LogP contribution in [-0.4, -0.2) is 22.1 Å². The number of nitrogens with one attached hydrogen (secondary N) is 2. The van der Waals surface area contributed by atoms with Gasteiger partial charge in [0.1, 0.15) is 5.01 Å². The van der Waals surface area contributed by atoms with E-state index in [0.29, 0.717) is 11.0 Å². The Morgan fingerprint density at radius 1 is 1.38 bits per heavy atom. The van der Waals surface area contributed by atoms with Crippen molar-refractivity contribution in [3.8, 4) is 0 Å². The first-order valence-corrected chi connectivity index (χ1v) is 8.58. The molecule has 0 radical (unpaired) electrons. The molecule has 1 atom stereocenters. The second-order valence-corrected chi connectivity index (χ2v) is 6.96. The quantitative estimate of drug-likeness (QED) is 0.747. The highest BCUT2D eigenvalue weighted by Crippen LogP contribution is 2.42. The fraction of sp³-hybridized carbons (Fsp3) is 0.375. The number of anilines is 1. The fourth-order valence-corrected chi connectivity index (χ4v) is 3.38. The summed E-state index contributed by atoms with van der Waals surface area (Å²) in [5.74, 6) is 0.262. The predicted molar refractivity (Wildman–Crippen MR) is 91.8 cm³/mol. The maximum atomic E-state index is 12.3. The molecule has 8 heteroatoms. The van der Waals surface area contributed by atoms with Crippen molar-refractivity contribution in [2.45, 2.75) is 38.1 Å². The average molecular weight is 345 g/mol. The summed E-state index contributed by atoms with van der Waals surface area (Å²) in [6.45, 7) is 1.95. The molecule has 0 bridgehead atoms. The number of hydrogen-bond acceptors (Lipinski definition) is 5. The minimum Gasteiger partial charge on any atom is -0.352 e. The summed E-state index contributed by atoms with van der Waals surface area (Å²) in [4.78, 5) is 23.5. The molecular formula is C16H19N5O2S. The Morgan fingerprint density at radius 3 is 2.83 bits per heavy atom. The first kappa shape index (κ1) is 16.4. The lowest BCUT2D eigenvalue weighted by atomic mass is 10.0. The minimum absolute atomic E-state index is 0.0741. The Labute approximate surface area is 143 Å². The number of aromatic nitrogens is 2. The number of carbonyl (C=O) groups excluding carboxylic acids is 2. The van der Waals surface area contributed by atoms with Crippen LogP contribution in [0.1, 0.15) is 47.4 Å². The normalized spacial score (nSPS) is 14.9. The van der Waals surface area contributed by atoms with Crippen molar-refractivity contribution in [1.82, 2.24) is 15.5 Å². The van der Waals surface area contributed by atoms with Crippen molar-refractivity contribution in [3.05, 3.63) is 40.4 Å². The number of nitrogens with two attached hydrogens (primary N) is 1. The number of aryl methyl sites for hydroxylation is 1. The molecule has 3 rings (SSSR count). The number of amides is 3. The molecule has 0 spiro atoms. The van der Waals surface area contributed by atoms with Crippen LogP contribution in [0.5, 0.6) is 0 Å². The smallest absolute Gasteiger partial charge is 0.312 e. The first-order chi connectivity index (χ1) is 11.5. The molecule has 0 saturated heterocycles. The largest absolute Gasteiger partial charge is 0.352 e. The van der Waals surface area contributed by atoms with Crippen molar-refractivity contribution in [2.75, 3.05) is 5.32 Å². The van der Waals surface area contributed by atoms with E-state index in [1.165, 1.54) is 11.3 Å². The van der Waals surface area contributed by atoms with Crippen LogP contribution in [0.2, 0.25) is 0 Å². The lowest BCUT2D eigenvalue weighted by Gasteiger charge is -2.17. The molecule has 1 aliphatic rings. The van der Waals surface area contributed by atoms with Gasteiger partial charge in [-0.25, -0.2) is 4.79 Å². The molecule has 1 fully saturated rings. The van der Waals surface area contributed by atoms with Crippen LogP contribution in [-0.2, 0) is 4.79 Å². The van der Waals surface area contributed by atoms with E-state index in [2.05, 4.69) is 20.8 Å².